The maximum Gasteiger partial charge on any atom is 0.0722 e. The molecule has 0 aliphatic carbocycles. The third kappa shape index (κ3) is 1.80. The first-order valence-corrected chi connectivity index (χ1v) is 3.38. The van der Waals surface area contributed by atoms with Crippen LogP contribution in [-0.4, -0.2) is 24.3 Å². The number of rotatable bonds is 1. The molecule has 0 radical (unpaired) electrons. The largest absolute Gasteiger partial charge is 0.389 e. The summed E-state index contributed by atoms with van der Waals surface area (Å²) < 4.78 is 0. The summed E-state index contributed by atoms with van der Waals surface area (Å²) >= 11 is 0. The minimum absolute atomic E-state index is 0.243. The molecular formula is C7H13NO. The quantitative estimate of drug-likeness (QED) is 0.496. The topological polar surface area (TPSA) is 32.3 Å². The Morgan fingerprint density at radius 3 is 2.89 bits per heavy atom. The van der Waals surface area contributed by atoms with Crippen LogP contribution in [0.2, 0.25) is 0 Å². The van der Waals surface area contributed by atoms with Crippen LogP contribution >= 0.6 is 0 Å². The number of nitrogens with one attached hydrogen (secondary N) is 1. The molecule has 52 valence electrons. The minimum Gasteiger partial charge on any atom is -0.389 e. The van der Waals surface area contributed by atoms with Crippen molar-refractivity contribution in [3.8, 4) is 0 Å². The van der Waals surface area contributed by atoms with Gasteiger partial charge in [-0.3, -0.25) is 0 Å². The predicted octanol–water partition coefficient (Wildman–Crippen LogP) is 0.287. The highest BCUT2D eigenvalue weighted by molar-refractivity contribution is 5.10. The third-order valence-electron chi connectivity index (χ3n) is 1.64. The molecule has 1 rings (SSSR count). The molecule has 0 aromatic heterocycles. The number of hydrogen-bond donors (Lipinski definition) is 2. The first-order valence-electron chi connectivity index (χ1n) is 3.38. The van der Waals surface area contributed by atoms with E-state index in [0.717, 1.165) is 19.5 Å². The first kappa shape index (κ1) is 6.78. The molecule has 0 aromatic rings. The summed E-state index contributed by atoms with van der Waals surface area (Å²) in [6.07, 6.45) is 2.82. The first-order chi connectivity index (χ1) is 4.30. The SMILES string of the molecule is CC(O)C1=CCNCC1. The van der Waals surface area contributed by atoms with Gasteiger partial charge in [0.2, 0.25) is 0 Å². The monoisotopic (exact) mass is 127 g/mol. The molecule has 1 aliphatic rings. The van der Waals surface area contributed by atoms with Crippen molar-refractivity contribution in [1.82, 2.24) is 5.32 Å². The highest BCUT2D eigenvalue weighted by Crippen LogP contribution is 2.08. The van der Waals surface area contributed by atoms with Crippen molar-refractivity contribution in [2.24, 2.45) is 0 Å². The molecule has 0 aromatic carbocycles. The van der Waals surface area contributed by atoms with Gasteiger partial charge in [-0.2, -0.15) is 0 Å². The minimum atomic E-state index is -0.243. The molecular weight excluding hydrogens is 114 g/mol. The van der Waals surface area contributed by atoms with Crippen LogP contribution in [0, 0.1) is 0 Å². The maximum absolute atomic E-state index is 9.08. The summed E-state index contributed by atoms with van der Waals surface area (Å²) in [5.74, 6) is 0. The maximum atomic E-state index is 9.08. The molecule has 1 heterocycles. The standard InChI is InChI=1S/C7H13NO/c1-6(9)7-2-4-8-5-3-7/h2,6,8-9H,3-5H2,1H3. The van der Waals surface area contributed by atoms with Crippen LogP contribution in [0.4, 0.5) is 0 Å². The highest BCUT2D eigenvalue weighted by Gasteiger charge is 2.06. The molecule has 2 nitrogen and oxygen atoms in total. The summed E-state index contributed by atoms with van der Waals surface area (Å²) in [5, 5.41) is 12.3. The number of hydrogen-bond acceptors (Lipinski definition) is 2. The van der Waals surface area contributed by atoms with Gasteiger partial charge >= 0.3 is 0 Å². The number of aliphatic hydroxyl groups excluding tert-OH is 1. The van der Waals surface area contributed by atoms with E-state index >= 15 is 0 Å². The zero-order valence-electron chi connectivity index (χ0n) is 5.72. The molecule has 0 spiro atoms. The van der Waals surface area contributed by atoms with E-state index in [-0.39, 0.29) is 6.10 Å². The van der Waals surface area contributed by atoms with Crippen LogP contribution in [0.1, 0.15) is 13.3 Å². The van der Waals surface area contributed by atoms with Crippen LogP contribution in [-0.2, 0) is 0 Å². The fourth-order valence-electron chi connectivity index (χ4n) is 1.02. The summed E-state index contributed by atoms with van der Waals surface area (Å²) in [6.45, 7) is 3.74. The van der Waals surface area contributed by atoms with Crippen molar-refractivity contribution in [2.75, 3.05) is 13.1 Å². The molecule has 0 amide bonds. The highest BCUT2D eigenvalue weighted by atomic mass is 16.3. The van der Waals surface area contributed by atoms with Gasteiger partial charge in [-0.15, -0.1) is 0 Å². The van der Waals surface area contributed by atoms with E-state index in [1.165, 1.54) is 5.57 Å². The van der Waals surface area contributed by atoms with E-state index in [1.807, 2.05) is 6.92 Å². The van der Waals surface area contributed by atoms with Crippen LogP contribution in [0.3, 0.4) is 0 Å². The Bertz CT molecular complexity index is 118. The second-order valence-corrected chi connectivity index (χ2v) is 2.41. The Morgan fingerprint density at radius 2 is 2.56 bits per heavy atom. The second kappa shape index (κ2) is 2.99. The lowest BCUT2D eigenvalue weighted by Crippen LogP contribution is -2.23. The average molecular weight is 127 g/mol. The van der Waals surface area contributed by atoms with E-state index in [4.69, 9.17) is 5.11 Å². The van der Waals surface area contributed by atoms with Gasteiger partial charge in [-0.1, -0.05) is 6.08 Å². The molecule has 1 unspecified atom stereocenters. The fraction of sp³-hybridized carbons (Fsp3) is 0.714. The van der Waals surface area contributed by atoms with Crippen LogP contribution in [0.5, 0.6) is 0 Å². The summed E-state index contributed by atoms with van der Waals surface area (Å²) in [5.41, 5.74) is 1.17. The second-order valence-electron chi connectivity index (χ2n) is 2.41. The van der Waals surface area contributed by atoms with Crippen LogP contribution in [0.15, 0.2) is 11.6 Å². The lowest BCUT2D eigenvalue weighted by Gasteiger charge is -2.15. The van der Waals surface area contributed by atoms with E-state index in [1.54, 1.807) is 0 Å². The van der Waals surface area contributed by atoms with Gasteiger partial charge < -0.3 is 10.4 Å². The van der Waals surface area contributed by atoms with Gasteiger partial charge in [-0.05, 0) is 25.5 Å². The molecule has 0 bridgehead atoms. The average Bonchev–Trinajstić information content (AvgIpc) is 1.90. The van der Waals surface area contributed by atoms with Gasteiger partial charge in [0.25, 0.3) is 0 Å². The Labute approximate surface area is 55.6 Å². The van der Waals surface area contributed by atoms with Gasteiger partial charge in [0.05, 0.1) is 6.10 Å². The molecule has 1 aliphatic heterocycles. The zero-order valence-corrected chi connectivity index (χ0v) is 5.72. The van der Waals surface area contributed by atoms with Crippen LogP contribution < -0.4 is 5.32 Å². The van der Waals surface area contributed by atoms with E-state index in [9.17, 15) is 0 Å². The van der Waals surface area contributed by atoms with Crippen molar-refractivity contribution in [3.63, 3.8) is 0 Å². The zero-order chi connectivity index (χ0) is 6.69. The Balaban J connectivity index is 2.46. The van der Waals surface area contributed by atoms with Gasteiger partial charge in [0, 0.05) is 6.54 Å². The third-order valence-corrected chi connectivity index (χ3v) is 1.64. The molecule has 2 heteroatoms. The molecule has 0 saturated heterocycles. The van der Waals surface area contributed by atoms with E-state index < -0.39 is 0 Å². The molecule has 2 N–H and O–H groups in total. The van der Waals surface area contributed by atoms with Crippen molar-refractivity contribution >= 4 is 0 Å². The summed E-state index contributed by atoms with van der Waals surface area (Å²) in [4.78, 5) is 0. The molecule has 9 heavy (non-hydrogen) atoms. The Kier molecular flexibility index (Phi) is 2.25. The lowest BCUT2D eigenvalue weighted by atomic mass is 10.1. The number of aliphatic hydroxyl groups is 1. The predicted molar refractivity (Wildman–Crippen MR) is 37.3 cm³/mol. The van der Waals surface area contributed by atoms with Crippen molar-refractivity contribution in [1.29, 1.82) is 0 Å². The smallest absolute Gasteiger partial charge is 0.0722 e. The van der Waals surface area contributed by atoms with Gasteiger partial charge in [0.15, 0.2) is 0 Å². The van der Waals surface area contributed by atoms with Crippen molar-refractivity contribution in [2.45, 2.75) is 19.4 Å². The normalized spacial score (nSPS) is 23.1. The summed E-state index contributed by atoms with van der Waals surface area (Å²) in [6, 6.07) is 0. The van der Waals surface area contributed by atoms with E-state index in [0.29, 0.717) is 0 Å². The van der Waals surface area contributed by atoms with Crippen LogP contribution in [0.25, 0.3) is 0 Å². The van der Waals surface area contributed by atoms with E-state index in [2.05, 4.69) is 11.4 Å². The Morgan fingerprint density at radius 1 is 1.78 bits per heavy atom. The molecule has 1 atom stereocenters. The van der Waals surface area contributed by atoms with Crippen molar-refractivity contribution in [3.05, 3.63) is 11.6 Å². The lowest BCUT2D eigenvalue weighted by molar-refractivity contribution is 0.225. The molecule has 0 fully saturated rings. The van der Waals surface area contributed by atoms with Crippen molar-refractivity contribution < 1.29 is 5.11 Å². The molecule has 0 saturated carbocycles. The Hall–Kier alpha value is -0.340. The van der Waals surface area contributed by atoms with Gasteiger partial charge in [-0.25, -0.2) is 0 Å². The summed E-state index contributed by atoms with van der Waals surface area (Å²) in [7, 11) is 0. The van der Waals surface area contributed by atoms with Gasteiger partial charge in [0.1, 0.15) is 0 Å². The fourth-order valence-corrected chi connectivity index (χ4v) is 1.02.